The van der Waals surface area contributed by atoms with Crippen molar-refractivity contribution >= 4 is 5.91 Å². The number of carbonyl (C=O) groups excluding carboxylic acids is 1. The topological polar surface area (TPSA) is 41.6 Å². The Labute approximate surface area is 122 Å². The maximum Gasteiger partial charge on any atom is 0.225 e. The van der Waals surface area contributed by atoms with E-state index in [0.717, 1.165) is 12.3 Å². The summed E-state index contributed by atoms with van der Waals surface area (Å²) in [6.07, 6.45) is 0.403. The molecule has 0 aliphatic rings. The highest BCUT2D eigenvalue weighted by Gasteiger charge is 2.08. The van der Waals surface area contributed by atoms with Crippen LogP contribution in [-0.2, 0) is 11.3 Å². The molecule has 1 aromatic carbocycles. The number of benzene rings is 1. The van der Waals surface area contributed by atoms with Gasteiger partial charge in [0.15, 0.2) is 0 Å². The average molecular weight is 278 g/mol. The lowest BCUT2D eigenvalue weighted by Gasteiger charge is -2.20. The summed E-state index contributed by atoms with van der Waals surface area (Å²) in [5, 5.41) is 3.44. The van der Waals surface area contributed by atoms with Gasteiger partial charge in [0.05, 0.1) is 13.0 Å². The van der Waals surface area contributed by atoms with E-state index in [4.69, 9.17) is 4.74 Å². The van der Waals surface area contributed by atoms with Gasteiger partial charge in [0.2, 0.25) is 5.91 Å². The molecule has 0 aliphatic heterocycles. The Kier molecular flexibility index (Phi) is 6.02. The van der Waals surface area contributed by atoms with E-state index >= 15 is 0 Å². The Balaban J connectivity index is 2.37. The Bertz CT molecular complexity index is 419. The summed E-state index contributed by atoms with van der Waals surface area (Å²) in [5.41, 5.74) is 1.33. The Hall–Kier alpha value is -1.55. The van der Waals surface area contributed by atoms with Gasteiger partial charge in [-0.1, -0.05) is 12.1 Å². The maximum absolute atomic E-state index is 11.4. The summed E-state index contributed by atoms with van der Waals surface area (Å²) in [6.45, 7) is 7.68. The van der Waals surface area contributed by atoms with Gasteiger partial charge in [-0.05, 0) is 38.5 Å². The minimum absolute atomic E-state index is 0.0796. The van der Waals surface area contributed by atoms with Crippen LogP contribution < -0.4 is 10.1 Å². The molecule has 0 radical (unpaired) electrons. The molecule has 20 heavy (non-hydrogen) atoms. The van der Waals surface area contributed by atoms with E-state index in [2.05, 4.69) is 26.1 Å². The third kappa shape index (κ3) is 6.57. The molecule has 4 heteroatoms. The van der Waals surface area contributed by atoms with E-state index in [1.54, 1.807) is 19.0 Å². The molecular formula is C16H26N2O2. The predicted molar refractivity (Wildman–Crippen MR) is 81.8 cm³/mol. The number of nitrogens with zero attached hydrogens (tertiary/aromatic N) is 1. The van der Waals surface area contributed by atoms with E-state index in [1.807, 2.05) is 24.3 Å². The summed E-state index contributed by atoms with van der Waals surface area (Å²) in [4.78, 5) is 13.0. The zero-order chi connectivity index (χ0) is 15.2. The fourth-order valence-corrected chi connectivity index (χ4v) is 1.55. The lowest BCUT2D eigenvalue weighted by molar-refractivity contribution is -0.129. The second-order valence-electron chi connectivity index (χ2n) is 6.13. The van der Waals surface area contributed by atoms with Gasteiger partial charge in [-0.15, -0.1) is 0 Å². The Morgan fingerprint density at radius 2 is 1.80 bits per heavy atom. The zero-order valence-electron chi connectivity index (χ0n) is 13.2. The number of ether oxygens (including phenoxy) is 1. The first kappa shape index (κ1) is 16.5. The van der Waals surface area contributed by atoms with Gasteiger partial charge >= 0.3 is 0 Å². The molecular weight excluding hydrogens is 252 g/mol. The van der Waals surface area contributed by atoms with Crippen molar-refractivity contribution in [2.75, 3.05) is 20.7 Å². The smallest absolute Gasteiger partial charge is 0.225 e. The van der Waals surface area contributed by atoms with Crippen LogP contribution in [0.25, 0.3) is 0 Å². The molecule has 1 aromatic rings. The van der Waals surface area contributed by atoms with Crippen LogP contribution in [0.5, 0.6) is 5.75 Å². The van der Waals surface area contributed by atoms with E-state index in [-0.39, 0.29) is 11.4 Å². The number of hydrogen-bond acceptors (Lipinski definition) is 3. The first-order chi connectivity index (χ1) is 9.28. The van der Waals surface area contributed by atoms with Crippen molar-refractivity contribution in [1.82, 2.24) is 10.2 Å². The van der Waals surface area contributed by atoms with Crippen molar-refractivity contribution in [3.8, 4) is 5.75 Å². The molecule has 0 fully saturated rings. The number of hydrogen-bond donors (Lipinski definition) is 1. The van der Waals surface area contributed by atoms with Crippen LogP contribution in [0.2, 0.25) is 0 Å². The maximum atomic E-state index is 11.4. The van der Waals surface area contributed by atoms with Crippen molar-refractivity contribution in [1.29, 1.82) is 0 Å². The van der Waals surface area contributed by atoms with Crippen LogP contribution >= 0.6 is 0 Å². The Morgan fingerprint density at radius 1 is 1.20 bits per heavy atom. The molecule has 0 saturated carbocycles. The normalized spacial score (nSPS) is 11.2. The van der Waals surface area contributed by atoms with Crippen molar-refractivity contribution in [2.45, 2.75) is 39.3 Å². The molecule has 0 heterocycles. The largest absolute Gasteiger partial charge is 0.493 e. The van der Waals surface area contributed by atoms with Crippen LogP contribution in [-0.4, -0.2) is 37.0 Å². The van der Waals surface area contributed by atoms with Gasteiger partial charge in [0.25, 0.3) is 0 Å². The molecule has 0 unspecified atom stereocenters. The predicted octanol–water partition coefficient (Wildman–Crippen LogP) is 2.43. The lowest BCUT2D eigenvalue weighted by Crippen LogP contribution is -2.35. The van der Waals surface area contributed by atoms with Crippen molar-refractivity contribution in [3.05, 3.63) is 29.8 Å². The number of amides is 1. The monoisotopic (exact) mass is 278 g/mol. The number of nitrogens with one attached hydrogen (secondary N) is 1. The van der Waals surface area contributed by atoms with Gasteiger partial charge < -0.3 is 15.0 Å². The van der Waals surface area contributed by atoms with E-state index in [0.29, 0.717) is 13.0 Å². The summed E-state index contributed by atoms with van der Waals surface area (Å²) in [5.74, 6) is 0.882. The minimum Gasteiger partial charge on any atom is -0.493 e. The van der Waals surface area contributed by atoms with Crippen LogP contribution in [0, 0.1) is 0 Å². The average Bonchev–Trinajstić information content (AvgIpc) is 2.36. The molecule has 1 amide bonds. The third-order valence-electron chi connectivity index (χ3n) is 2.83. The van der Waals surface area contributed by atoms with Crippen LogP contribution in [0.1, 0.15) is 32.8 Å². The second kappa shape index (κ2) is 7.29. The minimum atomic E-state index is 0.0796. The van der Waals surface area contributed by atoms with Crippen molar-refractivity contribution in [2.24, 2.45) is 0 Å². The van der Waals surface area contributed by atoms with Crippen LogP contribution in [0.3, 0.4) is 0 Å². The van der Waals surface area contributed by atoms with Crippen LogP contribution in [0.15, 0.2) is 24.3 Å². The molecule has 0 saturated heterocycles. The van der Waals surface area contributed by atoms with E-state index in [9.17, 15) is 4.79 Å². The zero-order valence-corrected chi connectivity index (χ0v) is 13.2. The SMILES string of the molecule is CN(C)C(=O)CCOc1ccc(CNC(C)(C)C)cc1. The molecule has 1 rings (SSSR count). The fraction of sp³-hybridized carbons (Fsp3) is 0.562. The first-order valence-electron chi connectivity index (χ1n) is 6.95. The third-order valence-corrected chi connectivity index (χ3v) is 2.83. The van der Waals surface area contributed by atoms with Gasteiger partial charge in [-0.3, -0.25) is 4.79 Å². The summed E-state index contributed by atoms with van der Waals surface area (Å²) in [6, 6.07) is 7.98. The highest BCUT2D eigenvalue weighted by molar-refractivity contribution is 5.75. The van der Waals surface area contributed by atoms with Crippen molar-refractivity contribution < 1.29 is 9.53 Å². The highest BCUT2D eigenvalue weighted by atomic mass is 16.5. The highest BCUT2D eigenvalue weighted by Crippen LogP contribution is 2.13. The fourth-order valence-electron chi connectivity index (χ4n) is 1.55. The first-order valence-corrected chi connectivity index (χ1v) is 6.95. The molecule has 0 aromatic heterocycles. The van der Waals surface area contributed by atoms with Gasteiger partial charge in [0, 0.05) is 26.2 Å². The molecule has 0 spiro atoms. The Morgan fingerprint density at radius 3 is 2.30 bits per heavy atom. The number of rotatable bonds is 6. The molecule has 0 bridgehead atoms. The molecule has 1 N–H and O–H groups in total. The molecule has 112 valence electrons. The van der Waals surface area contributed by atoms with Gasteiger partial charge in [-0.2, -0.15) is 0 Å². The van der Waals surface area contributed by atoms with E-state index < -0.39 is 0 Å². The molecule has 4 nitrogen and oxygen atoms in total. The van der Waals surface area contributed by atoms with Gasteiger partial charge in [-0.25, -0.2) is 0 Å². The van der Waals surface area contributed by atoms with E-state index in [1.165, 1.54) is 5.56 Å². The van der Waals surface area contributed by atoms with Crippen molar-refractivity contribution in [3.63, 3.8) is 0 Å². The summed E-state index contributed by atoms with van der Waals surface area (Å²) < 4.78 is 5.56. The molecule has 0 aliphatic carbocycles. The summed E-state index contributed by atoms with van der Waals surface area (Å²) >= 11 is 0. The quantitative estimate of drug-likeness (QED) is 0.869. The molecule has 0 atom stereocenters. The van der Waals surface area contributed by atoms with Gasteiger partial charge in [0.1, 0.15) is 5.75 Å². The second-order valence-corrected chi connectivity index (χ2v) is 6.13. The van der Waals surface area contributed by atoms with Crippen LogP contribution in [0.4, 0.5) is 0 Å². The number of carbonyl (C=O) groups is 1. The standard InChI is InChI=1S/C16H26N2O2/c1-16(2,3)17-12-13-6-8-14(9-7-13)20-11-10-15(19)18(4)5/h6-9,17H,10-12H2,1-5H3. The lowest BCUT2D eigenvalue weighted by atomic mass is 10.1. The summed E-state index contributed by atoms with van der Waals surface area (Å²) in [7, 11) is 3.50.